The molecule has 0 radical (unpaired) electrons. The monoisotopic (exact) mass is 221 g/mol. The summed E-state index contributed by atoms with van der Waals surface area (Å²) in [7, 11) is 0. The summed E-state index contributed by atoms with van der Waals surface area (Å²) in [4.78, 5) is 19.7. The van der Waals surface area contributed by atoms with Gasteiger partial charge in [-0.15, -0.1) is 0 Å². The number of rotatable bonds is 2. The molecule has 0 saturated carbocycles. The van der Waals surface area contributed by atoms with Crippen LogP contribution >= 0.6 is 0 Å². The molecule has 0 bridgehead atoms. The van der Waals surface area contributed by atoms with Crippen molar-refractivity contribution in [2.75, 3.05) is 0 Å². The minimum absolute atomic E-state index is 0. The summed E-state index contributed by atoms with van der Waals surface area (Å²) < 4.78 is 0. The van der Waals surface area contributed by atoms with Gasteiger partial charge in [0.1, 0.15) is 5.75 Å². The molecule has 2 N–H and O–H groups in total. The van der Waals surface area contributed by atoms with Gasteiger partial charge >= 0.3 is 35.5 Å². The first kappa shape index (κ1) is 13.7. The molecule has 0 spiro atoms. The van der Waals surface area contributed by atoms with Crippen molar-refractivity contribution in [3.63, 3.8) is 0 Å². The Labute approximate surface area is 105 Å². The van der Waals surface area contributed by atoms with Crippen LogP contribution in [0.25, 0.3) is 0 Å². The molecule has 0 heterocycles. The van der Waals surface area contributed by atoms with Crippen LogP contribution in [0, 0.1) is 10.1 Å². The fourth-order valence-corrected chi connectivity index (χ4v) is 0.907. The van der Waals surface area contributed by atoms with Crippen molar-refractivity contribution in [2.24, 2.45) is 0 Å². The van der Waals surface area contributed by atoms with Crippen molar-refractivity contribution in [1.82, 2.24) is 0 Å². The molecule has 1 rings (SSSR count). The standard InChI is InChI=1S/C7H5NO6.Na/c9-4-1-3(8(13)14)2-5(10)6(4)7(11)12;/h1-2,9-10H,(H,11,12);/q;+1/p-1. The summed E-state index contributed by atoms with van der Waals surface area (Å²) in [6.45, 7) is 0. The van der Waals surface area contributed by atoms with E-state index >= 15 is 0 Å². The van der Waals surface area contributed by atoms with E-state index in [2.05, 4.69) is 0 Å². The van der Waals surface area contributed by atoms with Crippen LogP contribution in [0.5, 0.6) is 11.5 Å². The SMILES string of the molecule is O=C(O)c1c([O-])cc([N+](=O)[O-])cc1O.[Na+]. The van der Waals surface area contributed by atoms with Gasteiger partial charge in [-0.3, -0.25) is 10.1 Å². The minimum Gasteiger partial charge on any atom is -0.872 e. The molecule has 15 heavy (non-hydrogen) atoms. The van der Waals surface area contributed by atoms with Crippen molar-refractivity contribution in [2.45, 2.75) is 0 Å². The summed E-state index contributed by atoms with van der Waals surface area (Å²) >= 11 is 0. The second kappa shape index (κ2) is 4.96. The van der Waals surface area contributed by atoms with E-state index in [-0.39, 0.29) is 29.6 Å². The predicted octanol–water partition coefficient (Wildman–Crippen LogP) is -2.92. The van der Waals surface area contributed by atoms with Crippen molar-refractivity contribution >= 4 is 11.7 Å². The maximum absolute atomic E-state index is 11.0. The third-order valence-electron chi connectivity index (χ3n) is 1.49. The molecule has 0 atom stereocenters. The van der Waals surface area contributed by atoms with E-state index < -0.39 is 33.6 Å². The Hall–Kier alpha value is -1.31. The molecule has 0 amide bonds. The Morgan fingerprint density at radius 1 is 1.40 bits per heavy atom. The quantitative estimate of drug-likeness (QED) is 0.313. The number of carboxylic acids is 1. The van der Waals surface area contributed by atoms with Crippen LogP contribution in [0.4, 0.5) is 5.69 Å². The van der Waals surface area contributed by atoms with Crippen LogP contribution in [0.2, 0.25) is 0 Å². The molecule has 0 aliphatic heterocycles. The van der Waals surface area contributed by atoms with Gasteiger partial charge in [0.25, 0.3) is 5.69 Å². The van der Waals surface area contributed by atoms with Gasteiger partial charge in [-0.1, -0.05) is 5.75 Å². The Morgan fingerprint density at radius 3 is 2.27 bits per heavy atom. The van der Waals surface area contributed by atoms with Gasteiger partial charge in [0.15, 0.2) is 0 Å². The van der Waals surface area contributed by atoms with Crippen molar-refractivity contribution in [3.8, 4) is 11.5 Å². The summed E-state index contributed by atoms with van der Waals surface area (Å²) in [6, 6.07) is 1.16. The van der Waals surface area contributed by atoms with E-state index in [0.717, 1.165) is 0 Å². The van der Waals surface area contributed by atoms with E-state index in [1.54, 1.807) is 0 Å². The fourth-order valence-electron chi connectivity index (χ4n) is 0.907. The molecule has 7 nitrogen and oxygen atoms in total. The zero-order chi connectivity index (χ0) is 10.9. The molecular weight excluding hydrogens is 217 g/mol. The van der Waals surface area contributed by atoms with Crippen LogP contribution in [0.1, 0.15) is 10.4 Å². The number of aromatic carboxylic acids is 1. The molecule has 8 heteroatoms. The number of carboxylic acid groups (broad SMARTS) is 1. The zero-order valence-corrected chi connectivity index (χ0v) is 9.63. The number of benzene rings is 1. The Morgan fingerprint density at radius 2 is 1.93 bits per heavy atom. The van der Waals surface area contributed by atoms with Gasteiger partial charge in [-0.2, -0.15) is 0 Å². The average molecular weight is 221 g/mol. The number of hydrogen-bond acceptors (Lipinski definition) is 5. The van der Waals surface area contributed by atoms with E-state index in [4.69, 9.17) is 10.2 Å². The van der Waals surface area contributed by atoms with Crippen LogP contribution in [0.15, 0.2) is 12.1 Å². The number of non-ortho nitro benzene ring substituents is 1. The molecule has 0 saturated heterocycles. The van der Waals surface area contributed by atoms with E-state index in [1.807, 2.05) is 0 Å². The van der Waals surface area contributed by atoms with Gasteiger partial charge in [0.2, 0.25) is 0 Å². The first-order valence-corrected chi connectivity index (χ1v) is 3.35. The van der Waals surface area contributed by atoms with Gasteiger partial charge in [0, 0.05) is 6.07 Å². The number of nitro benzene ring substituents is 1. The van der Waals surface area contributed by atoms with Crippen molar-refractivity contribution < 1.29 is 54.6 Å². The molecular formula is C7H4NNaO6. The van der Waals surface area contributed by atoms with Crippen molar-refractivity contribution in [3.05, 3.63) is 27.8 Å². The first-order chi connectivity index (χ1) is 6.43. The van der Waals surface area contributed by atoms with Crippen LogP contribution < -0.4 is 34.7 Å². The van der Waals surface area contributed by atoms with E-state index in [0.29, 0.717) is 12.1 Å². The van der Waals surface area contributed by atoms with E-state index in [9.17, 15) is 20.0 Å². The second-order valence-corrected chi connectivity index (χ2v) is 2.40. The summed E-state index contributed by atoms with van der Waals surface area (Å²) in [6.07, 6.45) is 0. The third-order valence-corrected chi connectivity index (χ3v) is 1.49. The predicted molar refractivity (Wildman–Crippen MR) is 41.2 cm³/mol. The fraction of sp³-hybridized carbons (Fsp3) is 0. The summed E-state index contributed by atoms with van der Waals surface area (Å²) in [5, 5.41) is 38.6. The Bertz CT molecular complexity index is 395. The van der Waals surface area contributed by atoms with Crippen LogP contribution in [-0.4, -0.2) is 21.1 Å². The van der Waals surface area contributed by atoms with Gasteiger partial charge in [0.05, 0.1) is 16.6 Å². The minimum atomic E-state index is -1.62. The summed E-state index contributed by atoms with van der Waals surface area (Å²) in [5.74, 6) is -3.62. The molecule has 0 unspecified atom stereocenters. The topological polar surface area (TPSA) is 124 Å². The molecule has 1 aromatic rings. The van der Waals surface area contributed by atoms with Gasteiger partial charge in [-0.25, -0.2) is 4.79 Å². The molecule has 74 valence electrons. The van der Waals surface area contributed by atoms with Gasteiger partial charge in [-0.05, 0) is 0 Å². The van der Waals surface area contributed by atoms with Crippen molar-refractivity contribution in [1.29, 1.82) is 0 Å². The largest absolute Gasteiger partial charge is 1.00 e. The number of aromatic hydroxyl groups is 1. The number of hydrogen-bond donors (Lipinski definition) is 2. The maximum atomic E-state index is 11.0. The summed E-state index contributed by atoms with van der Waals surface area (Å²) in [5.41, 5.74) is -1.51. The number of nitrogens with zero attached hydrogens (tertiary/aromatic N) is 1. The van der Waals surface area contributed by atoms with Crippen LogP contribution in [0.3, 0.4) is 0 Å². The Balaban J connectivity index is 0.00000196. The second-order valence-electron chi connectivity index (χ2n) is 2.40. The number of phenols is 1. The van der Waals surface area contributed by atoms with Gasteiger partial charge < -0.3 is 15.3 Å². The molecule has 0 aliphatic carbocycles. The Kier molecular flexibility index (Phi) is 4.53. The number of nitro groups is 1. The maximum Gasteiger partial charge on any atom is 1.00 e. The number of carbonyl (C=O) groups is 1. The molecule has 0 aliphatic rings. The molecule has 0 fully saturated rings. The first-order valence-electron chi connectivity index (χ1n) is 3.35. The third kappa shape index (κ3) is 2.82. The van der Waals surface area contributed by atoms with E-state index in [1.165, 1.54) is 0 Å². The average Bonchev–Trinajstić information content (AvgIpc) is 2.01. The van der Waals surface area contributed by atoms with Crippen LogP contribution in [-0.2, 0) is 0 Å². The zero-order valence-electron chi connectivity index (χ0n) is 7.63. The smallest absolute Gasteiger partial charge is 0.872 e. The normalized spacial score (nSPS) is 9.07. The molecule has 0 aromatic heterocycles. The molecule has 1 aromatic carbocycles.